The highest BCUT2D eigenvalue weighted by Gasteiger charge is 2.44. The van der Waals surface area contributed by atoms with Gasteiger partial charge in [0.25, 0.3) is 0 Å². The van der Waals surface area contributed by atoms with Gasteiger partial charge in [-0.15, -0.1) is 0 Å². The first-order valence-electron chi connectivity index (χ1n) is 17.7. The van der Waals surface area contributed by atoms with Crippen LogP contribution in [0.1, 0.15) is 155 Å². The Bertz CT molecular complexity index is 652. The van der Waals surface area contributed by atoms with E-state index in [4.69, 9.17) is 9.47 Å². The van der Waals surface area contributed by atoms with E-state index in [-0.39, 0.29) is 12.5 Å². The van der Waals surface area contributed by atoms with E-state index in [1.54, 1.807) is 0 Å². The standard InChI is InChI=1S/C34H67NO8/c1-3-5-7-9-10-11-12-13-14-15-16-17-18-19-20-22-24-30(38)35-27(28(37)23-21-8-6-4-2)26-42-34-33(41)32(40)31(39)29(25-36)43-34/h27-29,31-34,36-37,39-41H,3-26H2,1-2H3,(H,35,38). The third-order valence-electron chi connectivity index (χ3n) is 8.71. The van der Waals surface area contributed by atoms with E-state index in [2.05, 4.69) is 19.2 Å². The fraction of sp³-hybridized carbons (Fsp3) is 0.971. The summed E-state index contributed by atoms with van der Waals surface area (Å²) in [5.74, 6) is -0.152. The third kappa shape index (κ3) is 18.7. The second kappa shape index (κ2) is 26.4. The van der Waals surface area contributed by atoms with Crippen LogP contribution in [0.3, 0.4) is 0 Å². The molecule has 9 nitrogen and oxygen atoms in total. The monoisotopic (exact) mass is 617 g/mol. The topological polar surface area (TPSA) is 149 Å². The minimum atomic E-state index is -1.54. The van der Waals surface area contributed by atoms with Crippen molar-refractivity contribution in [2.45, 2.75) is 198 Å². The zero-order valence-electron chi connectivity index (χ0n) is 27.5. The molecule has 1 heterocycles. The van der Waals surface area contributed by atoms with Crippen molar-refractivity contribution >= 4 is 5.91 Å². The van der Waals surface area contributed by atoms with Crippen LogP contribution in [0.5, 0.6) is 0 Å². The van der Waals surface area contributed by atoms with Crippen molar-refractivity contribution < 1.29 is 39.8 Å². The third-order valence-corrected chi connectivity index (χ3v) is 8.71. The van der Waals surface area contributed by atoms with Gasteiger partial charge in [0, 0.05) is 6.42 Å². The minimum Gasteiger partial charge on any atom is -0.394 e. The average molecular weight is 618 g/mol. The van der Waals surface area contributed by atoms with Crippen LogP contribution in [-0.4, -0.2) is 87.5 Å². The Labute approximate surface area is 262 Å². The summed E-state index contributed by atoms with van der Waals surface area (Å²) in [7, 11) is 0. The molecule has 1 rings (SSSR count). The molecular formula is C34H67NO8. The average Bonchev–Trinajstić information content (AvgIpc) is 3.00. The predicted molar refractivity (Wildman–Crippen MR) is 171 cm³/mol. The summed E-state index contributed by atoms with van der Waals surface area (Å²) in [5.41, 5.74) is 0. The maximum absolute atomic E-state index is 12.7. The first-order chi connectivity index (χ1) is 20.8. The number of ether oxygens (including phenoxy) is 2. The normalized spacial score (nSPS) is 23.7. The molecule has 0 aliphatic carbocycles. The lowest BCUT2D eigenvalue weighted by Gasteiger charge is -2.40. The number of carbonyl (C=O) groups is 1. The Balaban J connectivity index is 2.28. The number of aliphatic hydroxyl groups is 5. The summed E-state index contributed by atoms with van der Waals surface area (Å²) in [6.45, 7) is 3.69. The van der Waals surface area contributed by atoms with Crippen LogP contribution in [-0.2, 0) is 14.3 Å². The lowest BCUT2D eigenvalue weighted by Crippen LogP contribution is -2.60. The smallest absolute Gasteiger partial charge is 0.220 e. The van der Waals surface area contributed by atoms with E-state index >= 15 is 0 Å². The van der Waals surface area contributed by atoms with Crippen LogP contribution in [0.2, 0.25) is 0 Å². The summed E-state index contributed by atoms with van der Waals surface area (Å²) >= 11 is 0. The summed E-state index contributed by atoms with van der Waals surface area (Å²) in [6, 6.07) is -0.706. The Kier molecular flexibility index (Phi) is 24.7. The molecule has 0 saturated carbocycles. The van der Waals surface area contributed by atoms with E-state index in [0.717, 1.165) is 44.9 Å². The molecule has 0 aromatic heterocycles. The quantitative estimate of drug-likeness (QED) is 0.0651. The Hall–Kier alpha value is -0.810. The molecule has 0 spiro atoms. The van der Waals surface area contributed by atoms with Crippen molar-refractivity contribution in [1.29, 1.82) is 0 Å². The fourth-order valence-electron chi connectivity index (χ4n) is 5.75. The van der Waals surface area contributed by atoms with Gasteiger partial charge in [-0.25, -0.2) is 0 Å². The van der Waals surface area contributed by atoms with Gasteiger partial charge in [0.15, 0.2) is 6.29 Å². The summed E-state index contributed by atoms with van der Waals surface area (Å²) in [6.07, 6.45) is 17.4. The molecule has 1 aliphatic rings. The molecule has 6 N–H and O–H groups in total. The van der Waals surface area contributed by atoms with Crippen molar-refractivity contribution in [2.75, 3.05) is 13.2 Å². The number of hydrogen-bond donors (Lipinski definition) is 6. The van der Waals surface area contributed by atoms with Gasteiger partial charge in [0.2, 0.25) is 5.91 Å². The molecule has 1 fully saturated rings. The second-order valence-electron chi connectivity index (χ2n) is 12.7. The second-order valence-corrected chi connectivity index (χ2v) is 12.7. The molecule has 1 aliphatic heterocycles. The van der Waals surface area contributed by atoms with Gasteiger partial charge in [-0.05, 0) is 12.8 Å². The van der Waals surface area contributed by atoms with Crippen LogP contribution in [0.25, 0.3) is 0 Å². The number of hydrogen-bond acceptors (Lipinski definition) is 8. The first-order valence-corrected chi connectivity index (χ1v) is 17.7. The van der Waals surface area contributed by atoms with E-state index in [1.165, 1.54) is 83.5 Å². The number of aliphatic hydroxyl groups excluding tert-OH is 5. The Morgan fingerprint density at radius 1 is 0.698 bits per heavy atom. The van der Waals surface area contributed by atoms with Gasteiger partial charge in [-0.2, -0.15) is 0 Å². The number of nitrogens with one attached hydrogen (secondary N) is 1. The zero-order valence-corrected chi connectivity index (χ0v) is 27.5. The van der Waals surface area contributed by atoms with Crippen LogP contribution >= 0.6 is 0 Å². The molecule has 7 unspecified atom stereocenters. The van der Waals surface area contributed by atoms with Crippen molar-refractivity contribution in [1.82, 2.24) is 5.32 Å². The maximum atomic E-state index is 12.7. The molecule has 0 bridgehead atoms. The summed E-state index contributed by atoms with van der Waals surface area (Å²) in [4.78, 5) is 12.7. The Morgan fingerprint density at radius 2 is 1.16 bits per heavy atom. The highest BCUT2D eigenvalue weighted by molar-refractivity contribution is 5.76. The van der Waals surface area contributed by atoms with Crippen molar-refractivity contribution in [2.24, 2.45) is 0 Å². The maximum Gasteiger partial charge on any atom is 0.220 e. The van der Waals surface area contributed by atoms with E-state index in [0.29, 0.717) is 12.8 Å². The lowest BCUT2D eigenvalue weighted by molar-refractivity contribution is -0.302. The lowest BCUT2D eigenvalue weighted by atomic mass is 9.99. The van der Waals surface area contributed by atoms with Gasteiger partial charge < -0.3 is 40.3 Å². The molecular weight excluding hydrogens is 550 g/mol. The van der Waals surface area contributed by atoms with E-state index in [1.807, 2.05) is 0 Å². The van der Waals surface area contributed by atoms with Gasteiger partial charge in [0.05, 0.1) is 25.4 Å². The molecule has 1 saturated heterocycles. The highest BCUT2D eigenvalue weighted by Crippen LogP contribution is 2.23. The predicted octanol–water partition coefficient (Wildman–Crippen LogP) is 5.27. The SMILES string of the molecule is CCCCCCCCCCCCCCCCCCC(=O)NC(COC1OC(CO)C(O)C(O)C1O)C(O)CCCCCC. The van der Waals surface area contributed by atoms with Crippen molar-refractivity contribution in [3.05, 3.63) is 0 Å². The van der Waals surface area contributed by atoms with Crippen LogP contribution < -0.4 is 5.32 Å². The van der Waals surface area contributed by atoms with Gasteiger partial charge in [0.1, 0.15) is 24.4 Å². The molecule has 0 aromatic carbocycles. The van der Waals surface area contributed by atoms with Gasteiger partial charge in [-0.1, -0.05) is 136 Å². The van der Waals surface area contributed by atoms with E-state index < -0.39 is 49.5 Å². The van der Waals surface area contributed by atoms with Gasteiger partial charge >= 0.3 is 0 Å². The fourth-order valence-corrected chi connectivity index (χ4v) is 5.75. The van der Waals surface area contributed by atoms with Gasteiger partial charge in [-0.3, -0.25) is 4.79 Å². The number of carbonyl (C=O) groups excluding carboxylic acids is 1. The molecule has 9 heteroatoms. The summed E-state index contributed by atoms with van der Waals surface area (Å²) < 4.78 is 11.1. The molecule has 43 heavy (non-hydrogen) atoms. The number of unbranched alkanes of at least 4 members (excludes halogenated alkanes) is 18. The molecule has 256 valence electrons. The minimum absolute atomic E-state index is 0.137. The van der Waals surface area contributed by atoms with Crippen molar-refractivity contribution in [3.63, 3.8) is 0 Å². The summed E-state index contributed by atoms with van der Waals surface area (Å²) in [5, 5.41) is 53.4. The molecule has 7 atom stereocenters. The highest BCUT2D eigenvalue weighted by atomic mass is 16.7. The van der Waals surface area contributed by atoms with Crippen molar-refractivity contribution in [3.8, 4) is 0 Å². The van der Waals surface area contributed by atoms with Crippen LogP contribution in [0.4, 0.5) is 0 Å². The Morgan fingerprint density at radius 3 is 1.65 bits per heavy atom. The largest absolute Gasteiger partial charge is 0.394 e. The van der Waals surface area contributed by atoms with E-state index in [9.17, 15) is 30.3 Å². The van der Waals surface area contributed by atoms with Crippen LogP contribution in [0.15, 0.2) is 0 Å². The number of amides is 1. The molecule has 1 amide bonds. The molecule has 0 aromatic rings. The zero-order chi connectivity index (χ0) is 31.7. The number of rotatable bonds is 28. The first kappa shape index (κ1) is 40.2. The molecule has 0 radical (unpaired) electrons. The van der Waals surface area contributed by atoms with Crippen LogP contribution in [0, 0.1) is 0 Å².